The molecule has 0 aromatic heterocycles. The number of benzene rings is 1. The monoisotopic (exact) mass is 366 g/mol. The zero-order valence-electron chi connectivity index (χ0n) is 15.1. The van der Waals surface area contributed by atoms with Gasteiger partial charge in [-0.3, -0.25) is 4.79 Å². The number of halogens is 2. The highest BCUT2D eigenvalue weighted by atomic mass is 35.5. The number of carbonyl (C=O) groups is 1. The third-order valence-electron chi connectivity index (χ3n) is 6.01. The molecule has 5 heteroatoms. The Balaban J connectivity index is 1.93. The van der Waals surface area contributed by atoms with E-state index in [1.165, 1.54) is 6.07 Å². The third kappa shape index (κ3) is 3.85. The average molecular weight is 367 g/mol. The Kier molecular flexibility index (Phi) is 5.69. The Morgan fingerprint density at radius 1 is 1.36 bits per heavy atom. The first-order valence-corrected chi connectivity index (χ1v) is 9.76. The highest BCUT2D eigenvalue weighted by Gasteiger charge is 2.42. The Hall–Kier alpha value is -1.13. The second-order valence-electron chi connectivity index (χ2n) is 7.94. The first-order valence-electron chi connectivity index (χ1n) is 9.38. The number of nitrogens with one attached hydrogen (secondary N) is 2. The number of rotatable bonds is 4. The van der Waals surface area contributed by atoms with Crippen molar-refractivity contribution in [3.8, 4) is 0 Å². The minimum atomic E-state index is -0.378. The summed E-state index contributed by atoms with van der Waals surface area (Å²) >= 11 is 6.50. The zero-order chi connectivity index (χ0) is 18.0. The molecule has 0 spiro atoms. The predicted octanol–water partition coefficient (Wildman–Crippen LogP) is 4.52. The first-order chi connectivity index (χ1) is 11.9. The van der Waals surface area contributed by atoms with Crippen LogP contribution in [0.3, 0.4) is 0 Å². The molecule has 2 N–H and O–H groups in total. The van der Waals surface area contributed by atoms with Crippen LogP contribution >= 0.6 is 11.6 Å². The molecule has 1 aliphatic heterocycles. The van der Waals surface area contributed by atoms with E-state index in [-0.39, 0.29) is 29.1 Å². The lowest BCUT2D eigenvalue weighted by Crippen LogP contribution is -2.45. The topological polar surface area (TPSA) is 41.1 Å². The molecule has 3 nitrogen and oxygen atoms in total. The number of amides is 1. The Labute approximate surface area is 154 Å². The molecule has 2 atom stereocenters. The van der Waals surface area contributed by atoms with Crippen molar-refractivity contribution in [3.63, 3.8) is 0 Å². The molecule has 1 saturated carbocycles. The molecule has 1 saturated heterocycles. The maximum Gasteiger partial charge on any atom is 0.224 e. The third-order valence-corrected chi connectivity index (χ3v) is 6.51. The van der Waals surface area contributed by atoms with Gasteiger partial charge in [0, 0.05) is 12.1 Å². The van der Waals surface area contributed by atoms with E-state index in [4.69, 9.17) is 11.6 Å². The summed E-state index contributed by atoms with van der Waals surface area (Å²) in [7, 11) is 0. The van der Waals surface area contributed by atoms with Gasteiger partial charge in [0.05, 0.1) is 17.0 Å². The lowest BCUT2D eigenvalue weighted by molar-refractivity contribution is -0.127. The standard InChI is InChI=1S/C20H28ClFN2O/c1-13-7-8-15(22)16(17(13)21)18(20(2)9-3-4-10-20)24-19(25)14-6-5-11-23-12-14/h7-8,14,18,23H,3-6,9-12H2,1-2H3,(H,24,25). The summed E-state index contributed by atoms with van der Waals surface area (Å²) in [6, 6.07) is 2.79. The molecular weight excluding hydrogens is 339 g/mol. The predicted molar refractivity (Wildman–Crippen MR) is 99.2 cm³/mol. The molecule has 1 aromatic carbocycles. The van der Waals surface area contributed by atoms with Gasteiger partial charge in [-0.15, -0.1) is 0 Å². The van der Waals surface area contributed by atoms with Crippen molar-refractivity contribution < 1.29 is 9.18 Å². The van der Waals surface area contributed by atoms with Gasteiger partial charge < -0.3 is 10.6 Å². The summed E-state index contributed by atoms with van der Waals surface area (Å²) < 4.78 is 14.7. The molecule has 1 amide bonds. The van der Waals surface area contributed by atoms with Crippen molar-refractivity contribution in [1.82, 2.24) is 10.6 Å². The lowest BCUT2D eigenvalue weighted by Gasteiger charge is -2.37. The van der Waals surface area contributed by atoms with E-state index in [0.29, 0.717) is 17.1 Å². The average Bonchev–Trinajstić information content (AvgIpc) is 3.06. The van der Waals surface area contributed by atoms with Crippen LogP contribution in [0, 0.1) is 24.1 Å². The van der Waals surface area contributed by atoms with Crippen LogP contribution in [0.25, 0.3) is 0 Å². The van der Waals surface area contributed by atoms with Crippen molar-refractivity contribution in [2.45, 2.75) is 58.4 Å². The lowest BCUT2D eigenvalue weighted by atomic mass is 9.76. The van der Waals surface area contributed by atoms with Gasteiger partial charge in [0.1, 0.15) is 5.82 Å². The molecule has 0 bridgehead atoms. The van der Waals surface area contributed by atoms with Crippen molar-refractivity contribution in [2.75, 3.05) is 13.1 Å². The molecule has 1 heterocycles. The van der Waals surface area contributed by atoms with Crippen LogP contribution in [0.2, 0.25) is 5.02 Å². The van der Waals surface area contributed by atoms with Crippen LogP contribution in [0.15, 0.2) is 12.1 Å². The first kappa shape index (κ1) is 18.7. The molecule has 2 unspecified atom stereocenters. The smallest absolute Gasteiger partial charge is 0.224 e. The van der Waals surface area contributed by atoms with Crippen LogP contribution in [0.4, 0.5) is 4.39 Å². The summed E-state index contributed by atoms with van der Waals surface area (Å²) in [6.45, 7) is 5.69. The van der Waals surface area contributed by atoms with Crippen molar-refractivity contribution in [2.24, 2.45) is 11.3 Å². The molecular formula is C20H28ClFN2O. The molecule has 2 fully saturated rings. The Bertz CT molecular complexity index is 637. The fourth-order valence-electron chi connectivity index (χ4n) is 4.34. The summed E-state index contributed by atoms with van der Waals surface area (Å²) in [5, 5.41) is 6.91. The summed E-state index contributed by atoms with van der Waals surface area (Å²) in [4.78, 5) is 12.9. The van der Waals surface area contributed by atoms with Crippen molar-refractivity contribution in [1.29, 1.82) is 0 Å². The Morgan fingerprint density at radius 2 is 2.08 bits per heavy atom. The normalized spacial score (nSPS) is 24.1. The van der Waals surface area contributed by atoms with Gasteiger partial charge in [0.15, 0.2) is 0 Å². The highest BCUT2D eigenvalue weighted by molar-refractivity contribution is 6.32. The van der Waals surface area contributed by atoms with Gasteiger partial charge in [-0.1, -0.05) is 37.4 Å². The number of hydrogen-bond acceptors (Lipinski definition) is 2. The molecule has 0 radical (unpaired) electrons. The maximum absolute atomic E-state index is 14.7. The fourth-order valence-corrected chi connectivity index (χ4v) is 4.61. The Morgan fingerprint density at radius 3 is 2.72 bits per heavy atom. The van der Waals surface area contributed by atoms with E-state index in [9.17, 15) is 9.18 Å². The molecule has 1 aliphatic carbocycles. The number of aryl methyl sites for hydroxylation is 1. The van der Waals surface area contributed by atoms with Crippen LogP contribution in [0.1, 0.15) is 62.6 Å². The second kappa shape index (κ2) is 7.63. The van der Waals surface area contributed by atoms with E-state index < -0.39 is 0 Å². The summed E-state index contributed by atoms with van der Waals surface area (Å²) in [6.07, 6.45) is 6.05. The van der Waals surface area contributed by atoms with Crippen molar-refractivity contribution in [3.05, 3.63) is 34.1 Å². The minimum Gasteiger partial charge on any atom is -0.348 e. The van der Waals surface area contributed by atoms with E-state index in [0.717, 1.165) is 50.6 Å². The fraction of sp³-hybridized carbons (Fsp3) is 0.650. The minimum absolute atomic E-state index is 0.0160. The quantitative estimate of drug-likeness (QED) is 0.822. The molecule has 2 aliphatic rings. The maximum atomic E-state index is 14.7. The van der Waals surface area contributed by atoms with E-state index in [1.54, 1.807) is 6.07 Å². The van der Waals surface area contributed by atoms with Gasteiger partial charge in [-0.05, 0) is 56.2 Å². The second-order valence-corrected chi connectivity index (χ2v) is 8.32. The van der Waals surface area contributed by atoms with Crippen LogP contribution in [-0.4, -0.2) is 19.0 Å². The zero-order valence-corrected chi connectivity index (χ0v) is 15.9. The van der Waals surface area contributed by atoms with Crippen LogP contribution in [-0.2, 0) is 4.79 Å². The largest absolute Gasteiger partial charge is 0.348 e. The van der Waals surface area contributed by atoms with Gasteiger partial charge in [-0.25, -0.2) is 4.39 Å². The molecule has 1 aromatic rings. The summed E-state index contributed by atoms with van der Waals surface area (Å²) in [5.74, 6) is -0.356. The summed E-state index contributed by atoms with van der Waals surface area (Å²) in [5.41, 5.74) is 1.15. The van der Waals surface area contributed by atoms with Gasteiger partial charge >= 0.3 is 0 Å². The molecule has 138 valence electrons. The van der Waals surface area contributed by atoms with Gasteiger partial charge in [0.2, 0.25) is 5.91 Å². The van der Waals surface area contributed by atoms with Crippen LogP contribution < -0.4 is 10.6 Å². The number of piperidine rings is 1. The number of hydrogen-bond donors (Lipinski definition) is 2. The number of carbonyl (C=O) groups excluding carboxylic acids is 1. The molecule has 25 heavy (non-hydrogen) atoms. The highest BCUT2D eigenvalue weighted by Crippen LogP contribution is 2.49. The van der Waals surface area contributed by atoms with E-state index in [1.807, 2.05) is 6.92 Å². The van der Waals surface area contributed by atoms with E-state index in [2.05, 4.69) is 17.6 Å². The van der Waals surface area contributed by atoms with Crippen molar-refractivity contribution >= 4 is 17.5 Å². The van der Waals surface area contributed by atoms with Gasteiger partial charge in [-0.2, -0.15) is 0 Å². The van der Waals surface area contributed by atoms with Gasteiger partial charge in [0.25, 0.3) is 0 Å². The SMILES string of the molecule is Cc1ccc(F)c(C(NC(=O)C2CCCNC2)C2(C)CCCC2)c1Cl. The van der Waals surface area contributed by atoms with E-state index >= 15 is 0 Å². The van der Waals surface area contributed by atoms with Crippen LogP contribution in [0.5, 0.6) is 0 Å². The molecule has 3 rings (SSSR count).